The lowest BCUT2D eigenvalue weighted by Gasteiger charge is -2.16. The van der Waals surface area contributed by atoms with Gasteiger partial charge in [0.2, 0.25) is 5.91 Å². The van der Waals surface area contributed by atoms with E-state index in [-0.39, 0.29) is 5.56 Å². The number of thiophene rings is 1. The maximum Gasteiger partial charge on any atom is 0.321 e. The quantitative estimate of drug-likeness (QED) is 0.333. The van der Waals surface area contributed by atoms with Gasteiger partial charge in [0.25, 0.3) is 5.56 Å². The van der Waals surface area contributed by atoms with Crippen molar-refractivity contribution in [1.29, 1.82) is 0 Å². The molecule has 0 saturated heterocycles. The van der Waals surface area contributed by atoms with E-state index in [0.717, 1.165) is 36.1 Å². The van der Waals surface area contributed by atoms with E-state index in [4.69, 9.17) is 4.98 Å². The molecule has 2 aromatic heterocycles. The monoisotopic (exact) mass is 470 g/mol. The van der Waals surface area contributed by atoms with Gasteiger partial charge in [-0.2, -0.15) is 0 Å². The third-order valence-corrected chi connectivity index (χ3v) is 7.69. The normalized spacial score (nSPS) is 14.4. The van der Waals surface area contributed by atoms with Crippen molar-refractivity contribution < 1.29 is 9.59 Å². The zero-order valence-corrected chi connectivity index (χ0v) is 19.8. The molecule has 2 heterocycles. The fourth-order valence-corrected chi connectivity index (χ4v) is 6.11. The third-order valence-electron chi connectivity index (χ3n) is 5.45. The highest BCUT2D eigenvalue weighted by atomic mass is 32.2. The van der Waals surface area contributed by atoms with E-state index in [1.54, 1.807) is 29.8 Å². The molecule has 1 aromatic carbocycles. The van der Waals surface area contributed by atoms with E-state index in [1.807, 2.05) is 30.3 Å². The van der Waals surface area contributed by atoms with E-state index in [2.05, 4.69) is 10.6 Å². The van der Waals surface area contributed by atoms with E-state index >= 15 is 0 Å². The molecule has 0 spiro atoms. The second-order valence-electron chi connectivity index (χ2n) is 7.72. The lowest BCUT2D eigenvalue weighted by atomic mass is 10.1. The largest absolute Gasteiger partial charge is 0.338 e. The molecule has 3 aromatic rings. The number of hydrogen-bond acceptors (Lipinski definition) is 6. The number of carbonyl (C=O) groups excluding carboxylic acids is 2. The molecule has 0 aliphatic heterocycles. The molecule has 0 saturated carbocycles. The summed E-state index contributed by atoms with van der Waals surface area (Å²) in [6.07, 6.45) is 5.27. The van der Waals surface area contributed by atoms with Crippen LogP contribution in [-0.4, -0.2) is 33.3 Å². The van der Waals surface area contributed by atoms with Crippen LogP contribution < -0.4 is 16.2 Å². The molecule has 3 amide bonds. The number of para-hydroxylation sites is 1. The lowest BCUT2D eigenvalue weighted by Crippen LogP contribution is -2.42. The molecule has 7 nitrogen and oxygen atoms in total. The summed E-state index contributed by atoms with van der Waals surface area (Å²) in [5, 5.41) is 5.43. The number of aryl methyl sites for hydroxylation is 2. The first-order valence-electron chi connectivity index (χ1n) is 10.9. The van der Waals surface area contributed by atoms with Gasteiger partial charge in [0.05, 0.1) is 16.3 Å². The van der Waals surface area contributed by atoms with Crippen molar-refractivity contribution in [2.45, 2.75) is 56.4 Å². The smallest absolute Gasteiger partial charge is 0.321 e. The molecular weight excluding hydrogens is 444 g/mol. The summed E-state index contributed by atoms with van der Waals surface area (Å²) in [7, 11) is 0. The number of thioether (sulfide) groups is 1. The minimum Gasteiger partial charge on any atom is -0.338 e. The van der Waals surface area contributed by atoms with Gasteiger partial charge in [0.15, 0.2) is 5.16 Å². The molecule has 1 aliphatic rings. The van der Waals surface area contributed by atoms with Crippen LogP contribution >= 0.6 is 23.1 Å². The summed E-state index contributed by atoms with van der Waals surface area (Å²) in [6.45, 7) is 3.91. The number of fused-ring (bicyclic) bond motifs is 3. The van der Waals surface area contributed by atoms with Crippen LogP contribution in [0, 0.1) is 0 Å². The fourth-order valence-electron chi connectivity index (χ4n) is 3.88. The summed E-state index contributed by atoms with van der Waals surface area (Å²) in [6, 6.07) is 8.84. The average molecular weight is 471 g/mol. The number of aromatic nitrogens is 2. The van der Waals surface area contributed by atoms with Crippen LogP contribution in [0.25, 0.3) is 15.9 Å². The number of urea groups is 1. The Bertz CT molecular complexity index is 1200. The Morgan fingerprint density at radius 3 is 2.69 bits per heavy atom. The molecule has 0 bridgehead atoms. The molecule has 2 N–H and O–H groups in total. The SMILES string of the molecule is CCNC(=O)NC(=O)C(C)Sc1nc2sc3c(c2c(=O)n1-c1ccccc1)CCCCC3. The predicted octanol–water partition coefficient (Wildman–Crippen LogP) is 4.04. The maximum absolute atomic E-state index is 13.8. The molecule has 0 radical (unpaired) electrons. The van der Waals surface area contributed by atoms with Crippen molar-refractivity contribution in [3.63, 3.8) is 0 Å². The number of nitrogens with zero attached hydrogens (tertiary/aromatic N) is 2. The number of hydrogen-bond donors (Lipinski definition) is 2. The van der Waals surface area contributed by atoms with Crippen LogP contribution in [-0.2, 0) is 17.6 Å². The van der Waals surface area contributed by atoms with Crippen molar-refractivity contribution in [2.24, 2.45) is 0 Å². The van der Waals surface area contributed by atoms with Gasteiger partial charge in [-0.15, -0.1) is 11.3 Å². The van der Waals surface area contributed by atoms with E-state index in [0.29, 0.717) is 22.8 Å². The summed E-state index contributed by atoms with van der Waals surface area (Å²) >= 11 is 2.77. The van der Waals surface area contributed by atoms with Crippen LogP contribution in [0.3, 0.4) is 0 Å². The molecule has 32 heavy (non-hydrogen) atoms. The molecule has 168 valence electrons. The highest BCUT2D eigenvalue weighted by Gasteiger charge is 2.25. The number of carbonyl (C=O) groups is 2. The fraction of sp³-hybridized carbons (Fsp3) is 0.391. The van der Waals surface area contributed by atoms with Crippen LogP contribution in [0.2, 0.25) is 0 Å². The van der Waals surface area contributed by atoms with E-state index in [1.165, 1.54) is 23.1 Å². The number of imide groups is 1. The van der Waals surface area contributed by atoms with Crippen molar-refractivity contribution in [3.05, 3.63) is 51.1 Å². The zero-order valence-electron chi connectivity index (χ0n) is 18.1. The Labute approximate surface area is 194 Å². The highest BCUT2D eigenvalue weighted by Crippen LogP contribution is 2.35. The minimum atomic E-state index is -0.616. The maximum atomic E-state index is 13.8. The molecule has 4 rings (SSSR count). The molecule has 9 heteroatoms. The number of amides is 3. The van der Waals surface area contributed by atoms with Gasteiger partial charge in [-0.05, 0) is 57.2 Å². The average Bonchev–Trinajstić information content (AvgIpc) is 2.95. The summed E-state index contributed by atoms with van der Waals surface area (Å²) in [4.78, 5) is 44.9. The first-order valence-corrected chi connectivity index (χ1v) is 12.6. The Balaban J connectivity index is 1.78. The zero-order chi connectivity index (χ0) is 22.7. The Kier molecular flexibility index (Phi) is 6.95. The van der Waals surface area contributed by atoms with Gasteiger partial charge in [-0.3, -0.25) is 19.5 Å². The van der Waals surface area contributed by atoms with Crippen LogP contribution in [0.15, 0.2) is 40.3 Å². The predicted molar refractivity (Wildman–Crippen MR) is 129 cm³/mol. The van der Waals surface area contributed by atoms with Crippen LogP contribution in [0.1, 0.15) is 43.6 Å². The van der Waals surface area contributed by atoms with Crippen molar-refractivity contribution in [3.8, 4) is 5.69 Å². The number of rotatable bonds is 5. The summed E-state index contributed by atoms with van der Waals surface area (Å²) in [5.74, 6) is -0.433. The van der Waals surface area contributed by atoms with Gasteiger partial charge >= 0.3 is 6.03 Å². The van der Waals surface area contributed by atoms with Crippen LogP contribution in [0.5, 0.6) is 0 Å². The Morgan fingerprint density at radius 1 is 1.19 bits per heavy atom. The van der Waals surface area contributed by atoms with Crippen molar-refractivity contribution in [2.75, 3.05) is 6.54 Å². The van der Waals surface area contributed by atoms with Crippen LogP contribution in [0.4, 0.5) is 4.79 Å². The first kappa shape index (κ1) is 22.5. The Morgan fingerprint density at radius 2 is 1.94 bits per heavy atom. The van der Waals surface area contributed by atoms with Crippen molar-refractivity contribution in [1.82, 2.24) is 20.2 Å². The minimum absolute atomic E-state index is 0.0977. The highest BCUT2D eigenvalue weighted by molar-refractivity contribution is 8.00. The number of nitrogens with one attached hydrogen (secondary N) is 2. The standard InChI is InChI=1S/C23H26N4O3S2/c1-3-24-22(30)25-19(28)14(2)31-23-26-20-18(16-12-8-5-9-13-17(16)32-20)21(29)27(23)15-10-6-4-7-11-15/h4,6-7,10-11,14H,3,5,8-9,12-13H2,1-2H3,(H2,24,25,28,30). The lowest BCUT2D eigenvalue weighted by molar-refractivity contribution is -0.119. The van der Waals surface area contributed by atoms with E-state index in [9.17, 15) is 14.4 Å². The van der Waals surface area contributed by atoms with Gasteiger partial charge in [-0.25, -0.2) is 9.78 Å². The van der Waals surface area contributed by atoms with Gasteiger partial charge in [0.1, 0.15) is 4.83 Å². The van der Waals surface area contributed by atoms with E-state index < -0.39 is 17.2 Å². The van der Waals surface area contributed by atoms with Gasteiger partial charge < -0.3 is 5.32 Å². The third kappa shape index (κ3) is 4.59. The van der Waals surface area contributed by atoms with Gasteiger partial charge in [-0.1, -0.05) is 36.4 Å². The summed E-state index contributed by atoms with van der Waals surface area (Å²) in [5.41, 5.74) is 1.75. The Hall–Kier alpha value is -2.65. The first-order chi connectivity index (χ1) is 15.5. The molecule has 0 fully saturated rings. The van der Waals surface area contributed by atoms with Gasteiger partial charge in [0, 0.05) is 11.4 Å². The molecular formula is C23H26N4O3S2. The second kappa shape index (κ2) is 9.87. The molecule has 1 unspecified atom stereocenters. The summed E-state index contributed by atoms with van der Waals surface area (Å²) < 4.78 is 1.60. The molecule has 1 atom stereocenters. The second-order valence-corrected chi connectivity index (χ2v) is 10.1. The topological polar surface area (TPSA) is 93.1 Å². The van der Waals surface area contributed by atoms with Crippen molar-refractivity contribution >= 4 is 45.3 Å². The number of benzene rings is 1. The molecule has 1 aliphatic carbocycles.